The number of amides is 2. The predicted octanol–water partition coefficient (Wildman–Crippen LogP) is 0.851. The molecule has 6 heteroatoms. The van der Waals surface area contributed by atoms with Crippen molar-refractivity contribution >= 4 is 23.2 Å². The fourth-order valence-electron chi connectivity index (χ4n) is 2.06. The minimum absolute atomic E-state index is 0.0568. The molecule has 0 aromatic carbocycles. The van der Waals surface area contributed by atoms with E-state index >= 15 is 0 Å². The van der Waals surface area contributed by atoms with Gasteiger partial charge in [-0.1, -0.05) is 0 Å². The molecule has 2 amide bonds. The van der Waals surface area contributed by atoms with Crippen LogP contribution in [0.2, 0.25) is 0 Å². The highest BCUT2D eigenvalue weighted by Crippen LogP contribution is 2.10. The predicted molar refractivity (Wildman–Crippen MR) is 73.1 cm³/mol. The second-order valence-corrected chi connectivity index (χ2v) is 5.43. The number of aliphatic hydroxyl groups excluding tert-OH is 1. The maximum absolute atomic E-state index is 11.8. The smallest absolute Gasteiger partial charge is 0.252 e. The van der Waals surface area contributed by atoms with Crippen molar-refractivity contribution in [2.45, 2.75) is 25.4 Å². The summed E-state index contributed by atoms with van der Waals surface area (Å²) in [4.78, 5) is 25.1. The highest BCUT2D eigenvalue weighted by Gasteiger charge is 2.23. The van der Waals surface area contributed by atoms with Crippen LogP contribution in [-0.4, -0.2) is 47.6 Å². The maximum atomic E-state index is 11.8. The summed E-state index contributed by atoms with van der Waals surface area (Å²) in [5.74, 6) is -0.0355. The standard InChI is InChI=1S/C13H18N2O3S/c16-11-3-6-15(8-11)12(17)2-1-5-14-13(18)10-4-7-19-9-10/h4,7,9,11,16H,1-3,5-6,8H2,(H,14,18)/t11-/m1/s1. The average Bonchev–Trinajstić information content (AvgIpc) is 3.04. The molecule has 0 unspecified atom stereocenters. The van der Waals surface area contributed by atoms with Crippen molar-refractivity contribution in [1.82, 2.24) is 10.2 Å². The molecule has 1 atom stereocenters. The highest BCUT2D eigenvalue weighted by molar-refractivity contribution is 7.08. The van der Waals surface area contributed by atoms with E-state index in [2.05, 4.69) is 5.32 Å². The van der Waals surface area contributed by atoms with E-state index in [1.54, 1.807) is 16.3 Å². The molecule has 2 rings (SSSR count). The molecule has 1 aromatic rings. The lowest BCUT2D eigenvalue weighted by Gasteiger charge is -2.15. The second-order valence-electron chi connectivity index (χ2n) is 4.65. The molecule has 1 saturated heterocycles. The summed E-state index contributed by atoms with van der Waals surface area (Å²) in [5.41, 5.74) is 0.666. The molecule has 0 spiro atoms. The van der Waals surface area contributed by atoms with Crippen LogP contribution >= 0.6 is 11.3 Å². The molecule has 1 aromatic heterocycles. The number of carbonyl (C=O) groups excluding carboxylic acids is 2. The molecule has 2 N–H and O–H groups in total. The SMILES string of the molecule is O=C(NCCCC(=O)N1CC[C@@H](O)C1)c1ccsc1. The number of thiophene rings is 1. The van der Waals surface area contributed by atoms with Gasteiger partial charge in [-0.3, -0.25) is 9.59 Å². The number of carbonyl (C=O) groups is 2. The number of β-amino-alcohol motifs (C(OH)–C–C–N with tert-alkyl or cyclic N) is 1. The summed E-state index contributed by atoms with van der Waals surface area (Å²) in [6.07, 6.45) is 1.33. The molecule has 5 nitrogen and oxygen atoms in total. The van der Waals surface area contributed by atoms with Gasteiger partial charge < -0.3 is 15.3 Å². The van der Waals surface area contributed by atoms with Crippen molar-refractivity contribution in [2.24, 2.45) is 0 Å². The van der Waals surface area contributed by atoms with Crippen molar-refractivity contribution in [3.05, 3.63) is 22.4 Å². The average molecular weight is 282 g/mol. The van der Waals surface area contributed by atoms with Crippen molar-refractivity contribution in [1.29, 1.82) is 0 Å². The minimum atomic E-state index is -0.373. The first-order chi connectivity index (χ1) is 9.16. The molecular formula is C13H18N2O3S. The van der Waals surface area contributed by atoms with E-state index in [4.69, 9.17) is 0 Å². The summed E-state index contributed by atoms with van der Waals surface area (Å²) in [6, 6.07) is 1.77. The van der Waals surface area contributed by atoms with Crippen LogP contribution < -0.4 is 5.32 Å². The first-order valence-corrected chi connectivity index (χ1v) is 7.37. The molecule has 1 aliphatic rings. The molecular weight excluding hydrogens is 264 g/mol. The zero-order valence-electron chi connectivity index (χ0n) is 10.7. The Kier molecular flexibility index (Phi) is 4.93. The van der Waals surface area contributed by atoms with Gasteiger partial charge in [-0.25, -0.2) is 0 Å². The molecule has 104 valence electrons. The zero-order chi connectivity index (χ0) is 13.7. The Morgan fingerprint density at radius 3 is 3.00 bits per heavy atom. The van der Waals surface area contributed by atoms with E-state index in [0.717, 1.165) is 0 Å². The monoisotopic (exact) mass is 282 g/mol. The fourth-order valence-corrected chi connectivity index (χ4v) is 2.70. The Morgan fingerprint density at radius 1 is 1.53 bits per heavy atom. The van der Waals surface area contributed by atoms with Gasteiger partial charge in [-0.2, -0.15) is 11.3 Å². The third kappa shape index (κ3) is 4.04. The van der Waals surface area contributed by atoms with Gasteiger partial charge in [-0.15, -0.1) is 0 Å². The van der Waals surface area contributed by atoms with Crippen LogP contribution in [0.5, 0.6) is 0 Å². The maximum Gasteiger partial charge on any atom is 0.252 e. The molecule has 1 aliphatic heterocycles. The van der Waals surface area contributed by atoms with Gasteiger partial charge in [0.25, 0.3) is 5.91 Å². The van der Waals surface area contributed by atoms with Crippen LogP contribution in [0, 0.1) is 0 Å². The van der Waals surface area contributed by atoms with Gasteiger partial charge in [0.1, 0.15) is 0 Å². The summed E-state index contributed by atoms with van der Waals surface area (Å²) in [6.45, 7) is 1.58. The summed E-state index contributed by atoms with van der Waals surface area (Å²) < 4.78 is 0. The van der Waals surface area contributed by atoms with Crippen LogP contribution in [0.1, 0.15) is 29.6 Å². The van der Waals surface area contributed by atoms with Crippen molar-refractivity contribution in [2.75, 3.05) is 19.6 Å². The number of likely N-dealkylation sites (tertiary alicyclic amines) is 1. The Labute approximate surface area is 116 Å². The fraction of sp³-hybridized carbons (Fsp3) is 0.538. The Hall–Kier alpha value is -1.40. The van der Waals surface area contributed by atoms with Crippen molar-refractivity contribution < 1.29 is 14.7 Å². The molecule has 0 bridgehead atoms. The van der Waals surface area contributed by atoms with Gasteiger partial charge in [0.15, 0.2) is 0 Å². The number of hydrogen-bond acceptors (Lipinski definition) is 4. The third-order valence-corrected chi connectivity index (χ3v) is 3.84. The van der Waals surface area contributed by atoms with E-state index in [1.807, 2.05) is 5.38 Å². The van der Waals surface area contributed by atoms with Crippen molar-refractivity contribution in [3.8, 4) is 0 Å². The number of rotatable bonds is 5. The first kappa shape index (κ1) is 14.0. The number of aliphatic hydroxyl groups is 1. The van der Waals surface area contributed by atoms with Crippen LogP contribution in [-0.2, 0) is 4.79 Å². The van der Waals surface area contributed by atoms with Crippen LogP contribution in [0.15, 0.2) is 16.8 Å². The Morgan fingerprint density at radius 2 is 2.37 bits per heavy atom. The topological polar surface area (TPSA) is 69.6 Å². The Balaban J connectivity index is 1.62. The zero-order valence-corrected chi connectivity index (χ0v) is 11.5. The number of nitrogens with one attached hydrogen (secondary N) is 1. The molecule has 19 heavy (non-hydrogen) atoms. The lowest BCUT2D eigenvalue weighted by molar-refractivity contribution is -0.130. The van der Waals surface area contributed by atoms with Crippen molar-refractivity contribution in [3.63, 3.8) is 0 Å². The van der Waals surface area contributed by atoms with Gasteiger partial charge >= 0.3 is 0 Å². The quantitative estimate of drug-likeness (QED) is 0.787. The van der Waals surface area contributed by atoms with Gasteiger partial charge in [0.05, 0.1) is 6.10 Å². The summed E-state index contributed by atoms with van der Waals surface area (Å²) in [7, 11) is 0. The van der Waals surface area contributed by atoms with E-state index in [9.17, 15) is 14.7 Å². The lowest BCUT2D eigenvalue weighted by atomic mass is 10.2. The highest BCUT2D eigenvalue weighted by atomic mass is 32.1. The second kappa shape index (κ2) is 6.68. The molecule has 2 heterocycles. The summed E-state index contributed by atoms with van der Waals surface area (Å²) >= 11 is 1.48. The summed E-state index contributed by atoms with van der Waals surface area (Å²) in [5, 5.41) is 15.8. The normalized spacial score (nSPS) is 18.6. The van der Waals surface area contributed by atoms with E-state index in [1.165, 1.54) is 11.3 Å². The number of hydrogen-bond donors (Lipinski definition) is 2. The molecule has 0 saturated carbocycles. The number of nitrogens with zero attached hydrogens (tertiary/aromatic N) is 1. The van der Waals surface area contributed by atoms with E-state index < -0.39 is 0 Å². The first-order valence-electron chi connectivity index (χ1n) is 6.43. The lowest BCUT2D eigenvalue weighted by Crippen LogP contribution is -2.30. The molecule has 1 fully saturated rings. The van der Waals surface area contributed by atoms with Gasteiger partial charge in [0.2, 0.25) is 5.91 Å². The Bertz CT molecular complexity index is 433. The minimum Gasteiger partial charge on any atom is -0.391 e. The van der Waals surface area contributed by atoms with Gasteiger partial charge in [0, 0.05) is 37.0 Å². The molecule has 0 aliphatic carbocycles. The molecule has 0 radical (unpaired) electrons. The van der Waals surface area contributed by atoms with Gasteiger partial charge in [-0.05, 0) is 24.3 Å². The third-order valence-electron chi connectivity index (χ3n) is 3.15. The van der Waals surface area contributed by atoms with E-state index in [0.29, 0.717) is 44.5 Å². The van der Waals surface area contributed by atoms with E-state index in [-0.39, 0.29) is 17.9 Å². The van der Waals surface area contributed by atoms with Crippen LogP contribution in [0.4, 0.5) is 0 Å². The largest absolute Gasteiger partial charge is 0.391 e. The van der Waals surface area contributed by atoms with Crippen LogP contribution in [0.25, 0.3) is 0 Å². The van der Waals surface area contributed by atoms with Crippen LogP contribution in [0.3, 0.4) is 0 Å².